The Labute approximate surface area is 118 Å². The van der Waals surface area contributed by atoms with Crippen molar-refractivity contribution in [2.75, 3.05) is 7.11 Å². The fourth-order valence-electron chi connectivity index (χ4n) is 2.11. The van der Waals surface area contributed by atoms with E-state index in [1.807, 2.05) is 36.4 Å². The van der Waals surface area contributed by atoms with Crippen LogP contribution in [0.2, 0.25) is 0 Å². The third-order valence-corrected chi connectivity index (χ3v) is 3.24. The van der Waals surface area contributed by atoms with Crippen LogP contribution >= 0.6 is 0 Å². The molecule has 20 heavy (non-hydrogen) atoms. The molecule has 0 radical (unpaired) electrons. The van der Waals surface area contributed by atoms with Crippen LogP contribution in [0.3, 0.4) is 0 Å². The van der Waals surface area contributed by atoms with E-state index in [1.54, 1.807) is 18.2 Å². The summed E-state index contributed by atoms with van der Waals surface area (Å²) in [4.78, 5) is 11.5. The molecule has 3 nitrogen and oxygen atoms in total. The predicted molar refractivity (Wildman–Crippen MR) is 77.5 cm³/mol. The van der Waals surface area contributed by atoms with Gasteiger partial charge in [0.05, 0.1) is 18.8 Å². The van der Waals surface area contributed by atoms with Crippen LogP contribution in [-0.2, 0) is 11.2 Å². The number of rotatable bonds is 5. The largest absolute Gasteiger partial charge is 0.465 e. The zero-order valence-corrected chi connectivity index (χ0v) is 11.5. The van der Waals surface area contributed by atoms with Crippen molar-refractivity contribution in [3.8, 4) is 0 Å². The van der Waals surface area contributed by atoms with Gasteiger partial charge in [-0.15, -0.1) is 0 Å². The number of hydrogen-bond donors (Lipinski definition) is 1. The van der Waals surface area contributed by atoms with Gasteiger partial charge in [-0.1, -0.05) is 42.5 Å². The summed E-state index contributed by atoms with van der Waals surface area (Å²) < 4.78 is 4.68. The molecule has 0 heterocycles. The summed E-state index contributed by atoms with van der Waals surface area (Å²) in [6.07, 6.45) is 0.832. The first-order valence-electron chi connectivity index (χ1n) is 6.61. The Morgan fingerprint density at radius 1 is 1.15 bits per heavy atom. The van der Waals surface area contributed by atoms with Crippen LogP contribution in [0, 0.1) is 0 Å². The molecule has 0 spiro atoms. The number of methoxy groups -OCH3 is 1. The molecule has 2 aromatic rings. The molecule has 1 atom stereocenters. The summed E-state index contributed by atoms with van der Waals surface area (Å²) in [7, 11) is 1.35. The fraction of sp³-hybridized carbons (Fsp3) is 0.235. The van der Waals surface area contributed by atoms with Crippen LogP contribution in [0.4, 0.5) is 0 Å². The van der Waals surface area contributed by atoms with E-state index in [0.29, 0.717) is 12.0 Å². The minimum absolute atomic E-state index is 0.387. The average molecular weight is 270 g/mol. The lowest BCUT2D eigenvalue weighted by atomic mass is 10.00. The Hall–Kier alpha value is -2.13. The molecule has 0 aliphatic heterocycles. The fourth-order valence-corrected chi connectivity index (χ4v) is 2.11. The molecule has 0 aliphatic carbocycles. The van der Waals surface area contributed by atoms with Gasteiger partial charge in [0.2, 0.25) is 0 Å². The summed E-state index contributed by atoms with van der Waals surface area (Å²) in [6.45, 7) is 0. The molecular weight excluding hydrogens is 252 g/mol. The molecule has 0 aliphatic rings. The van der Waals surface area contributed by atoms with Crippen molar-refractivity contribution >= 4 is 5.97 Å². The lowest BCUT2D eigenvalue weighted by Crippen LogP contribution is -2.04. The molecule has 3 heteroatoms. The van der Waals surface area contributed by atoms with Crippen molar-refractivity contribution in [1.82, 2.24) is 0 Å². The third-order valence-electron chi connectivity index (χ3n) is 3.24. The second-order valence-corrected chi connectivity index (χ2v) is 4.66. The van der Waals surface area contributed by atoms with Crippen molar-refractivity contribution in [3.63, 3.8) is 0 Å². The highest BCUT2D eigenvalue weighted by Crippen LogP contribution is 2.20. The van der Waals surface area contributed by atoms with Crippen LogP contribution in [0.5, 0.6) is 0 Å². The van der Waals surface area contributed by atoms with Crippen molar-refractivity contribution in [2.45, 2.75) is 18.9 Å². The lowest BCUT2D eigenvalue weighted by Gasteiger charge is -2.12. The molecule has 0 fully saturated rings. The topological polar surface area (TPSA) is 46.5 Å². The highest BCUT2D eigenvalue weighted by Gasteiger charge is 2.11. The van der Waals surface area contributed by atoms with Crippen molar-refractivity contribution < 1.29 is 14.6 Å². The first-order chi connectivity index (χ1) is 9.70. The van der Waals surface area contributed by atoms with E-state index in [1.165, 1.54) is 12.7 Å². The number of ether oxygens (including phenoxy) is 1. The minimum atomic E-state index is -0.584. The van der Waals surface area contributed by atoms with E-state index in [2.05, 4.69) is 4.74 Å². The first kappa shape index (κ1) is 14.3. The van der Waals surface area contributed by atoms with Gasteiger partial charge in [-0.25, -0.2) is 4.79 Å². The Kier molecular flexibility index (Phi) is 4.91. The molecule has 2 aromatic carbocycles. The smallest absolute Gasteiger partial charge is 0.337 e. The van der Waals surface area contributed by atoms with Crippen molar-refractivity contribution in [2.24, 2.45) is 0 Å². The van der Waals surface area contributed by atoms with E-state index in [-0.39, 0.29) is 5.97 Å². The van der Waals surface area contributed by atoms with Crippen molar-refractivity contribution in [1.29, 1.82) is 0 Å². The number of carbonyl (C=O) groups excluding carboxylic acids is 1. The van der Waals surface area contributed by atoms with E-state index < -0.39 is 6.10 Å². The number of aryl methyl sites for hydroxylation is 1. The molecule has 2 rings (SSSR count). The standard InChI is InChI=1S/C17H18O3/c1-20-17(19)15-9-5-8-14(12-15)16(18)11-10-13-6-3-2-4-7-13/h2-9,12,16,18H,10-11H2,1H3/t16-/m1/s1. The number of benzene rings is 2. The number of esters is 1. The normalized spacial score (nSPS) is 11.9. The van der Waals surface area contributed by atoms with E-state index >= 15 is 0 Å². The molecule has 0 bridgehead atoms. The monoisotopic (exact) mass is 270 g/mol. The summed E-state index contributed by atoms with van der Waals surface area (Å²) in [6, 6.07) is 17.0. The molecule has 0 saturated carbocycles. The molecule has 104 valence electrons. The number of hydrogen-bond acceptors (Lipinski definition) is 3. The quantitative estimate of drug-likeness (QED) is 0.849. The second-order valence-electron chi connectivity index (χ2n) is 4.66. The average Bonchev–Trinajstić information content (AvgIpc) is 2.53. The lowest BCUT2D eigenvalue weighted by molar-refractivity contribution is 0.0600. The van der Waals surface area contributed by atoms with Gasteiger partial charge >= 0.3 is 5.97 Å². The number of aliphatic hydroxyl groups excluding tert-OH is 1. The first-order valence-corrected chi connectivity index (χ1v) is 6.61. The summed E-state index contributed by atoms with van der Waals surface area (Å²) in [5.74, 6) is -0.387. The zero-order valence-electron chi connectivity index (χ0n) is 11.5. The number of aliphatic hydroxyl groups is 1. The number of carbonyl (C=O) groups is 1. The zero-order chi connectivity index (χ0) is 14.4. The Morgan fingerprint density at radius 2 is 1.90 bits per heavy atom. The molecule has 1 N–H and O–H groups in total. The van der Waals surface area contributed by atoms with Crippen LogP contribution in [-0.4, -0.2) is 18.2 Å². The maximum atomic E-state index is 11.5. The highest BCUT2D eigenvalue weighted by atomic mass is 16.5. The maximum Gasteiger partial charge on any atom is 0.337 e. The van der Waals surface area contributed by atoms with E-state index in [4.69, 9.17) is 0 Å². The van der Waals surface area contributed by atoms with Gasteiger partial charge in [0, 0.05) is 0 Å². The molecule has 0 unspecified atom stereocenters. The maximum absolute atomic E-state index is 11.5. The van der Waals surface area contributed by atoms with E-state index in [9.17, 15) is 9.90 Å². The third kappa shape index (κ3) is 3.68. The van der Waals surface area contributed by atoms with Gasteiger partial charge in [0.25, 0.3) is 0 Å². The predicted octanol–water partition coefficient (Wildman–Crippen LogP) is 3.14. The van der Waals surface area contributed by atoms with Crippen LogP contribution in [0.25, 0.3) is 0 Å². The summed E-state index contributed by atoms with van der Waals surface area (Å²) in [5.41, 5.74) is 2.39. The van der Waals surface area contributed by atoms with E-state index in [0.717, 1.165) is 12.0 Å². The van der Waals surface area contributed by atoms with Gasteiger partial charge in [0.15, 0.2) is 0 Å². The van der Waals surface area contributed by atoms with Gasteiger partial charge in [-0.05, 0) is 36.1 Å². The van der Waals surface area contributed by atoms with Gasteiger partial charge in [-0.3, -0.25) is 0 Å². The van der Waals surface area contributed by atoms with Gasteiger partial charge in [0.1, 0.15) is 0 Å². The SMILES string of the molecule is COC(=O)c1cccc([C@H](O)CCc2ccccc2)c1. The Bertz CT molecular complexity index is 563. The van der Waals surface area contributed by atoms with Crippen LogP contribution < -0.4 is 0 Å². The van der Waals surface area contributed by atoms with Crippen LogP contribution in [0.15, 0.2) is 54.6 Å². The summed E-state index contributed by atoms with van der Waals surface area (Å²) in [5, 5.41) is 10.2. The molecule has 0 aromatic heterocycles. The highest BCUT2D eigenvalue weighted by molar-refractivity contribution is 5.89. The molecule has 0 amide bonds. The molecule has 0 saturated heterocycles. The Morgan fingerprint density at radius 3 is 2.60 bits per heavy atom. The van der Waals surface area contributed by atoms with Crippen LogP contribution in [0.1, 0.15) is 34.0 Å². The summed E-state index contributed by atoms with van der Waals surface area (Å²) >= 11 is 0. The van der Waals surface area contributed by atoms with Crippen molar-refractivity contribution in [3.05, 3.63) is 71.3 Å². The van der Waals surface area contributed by atoms with Gasteiger partial charge < -0.3 is 9.84 Å². The molecular formula is C17H18O3. The minimum Gasteiger partial charge on any atom is -0.465 e. The van der Waals surface area contributed by atoms with Gasteiger partial charge in [-0.2, -0.15) is 0 Å². The Balaban J connectivity index is 2.02. The second kappa shape index (κ2) is 6.87.